The van der Waals surface area contributed by atoms with E-state index in [1.807, 2.05) is 29.2 Å². The van der Waals surface area contributed by atoms with Crippen molar-refractivity contribution in [3.63, 3.8) is 0 Å². The third-order valence-corrected chi connectivity index (χ3v) is 3.37. The Hall–Kier alpha value is -2.10. The van der Waals surface area contributed by atoms with Gasteiger partial charge >= 0.3 is 0 Å². The minimum atomic E-state index is 0.170. The molecule has 0 aliphatic carbocycles. The van der Waals surface area contributed by atoms with Crippen molar-refractivity contribution in [1.29, 1.82) is 0 Å². The number of hydrogen-bond donors (Lipinski definition) is 0. The zero-order valence-corrected chi connectivity index (χ0v) is 12.5. The summed E-state index contributed by atoms with van der Waals surface area (Å²) in [7, 11) is 0. The van der Waals surface area contributed by atoms with E-state index in [0.717, 1.165) is 30.6 Å². The summed E-state index contributed by atoms with van der Waals surface area (Å²) in [5.41, 5.74) is 1.04. The molecular weight excluding hydrogens is 264 g/mol. The van der Waals surface area contributed by atoms with Gasteiger partial charge in [0.2, 0.25) is 5.91 Å². The Labute approximate surface area is 125 Å². The van der Waals surface area contributed by atoms with Crippen molar-refractivity contribution in [2.45, 2.75) is 45.7 Å². The van der Waals surface area contributed by atoms with Crippen LogP contribution in [0.4, 0.5) is 0 Å². The monoisotopic (exact) mass is 286 g/mol. The van der Waals surface area contributed by atoms with E-state index >= 15 is 0 Å². The van der Waals surface area contributed by atoms with Gasteiger partial charge in [0.25, 0.3) is 0 Å². The number of unbranched alkanes of at least 4 members (excludes halogenated alkanes) is 2. The van der Waals surface area contributed by atoms with Crippen molar-refractivity contribution in [1.82, 2.24) is 9.88 Å². The van der Waals surface area contributed by atoms with Crippen LogP contribution in [0, 0.1) is 0 Å². The summed E-state index contributed by atoms with van der Waals surface area (Å²) < 4.78 is 5.37. The van der Waals surface area contributed by atoms with Gasteiger partial charge in [-0.3, -0.25) is 9.78 Å². The van der Waals surface area contributed by atoms with E-state index in [1.165, 1.54) is 0 Å². The highest BCUT2D eigenvalue weighted by Gasteiger charge is 2.15. The normalized spacial score (nSPS) is 10.5. The number of carbonyl (C=O) groups excluding carboxylic acids is 1. The number of hydrogen-bond acceptors (Lipinski definition) is 3. The first kappa shape index (κ1) is 15.3. The first-order valence-electron chi connectivity index (χ1n) is 7.48. The average Bonchev–Trinajstić information content (AvgIpc) is 3.01. The van der Waals surface area contributed by atoms with Crippen LogP contribution < -0.4 is 0 Å². The van der Waals surface area contributed by atoms with Gasteiger partial charge in [-0.25, -0.2) is 0 Å². The molecule has 2 heterocycles. The highest BCUT2D eigenvalue weighted by molar-refractivity contribution is 5.76. The van der Waals surface area contributed by atoms with Crippen LogP contribution in [-0.2, 0) is 17.9 Å². The molecule has 0 saturated heterocycles. The van der Waals surface area contributed by atoms with Crippen LogP contribution in [0.1, 0.15) is 43.9 Å². The molecule has 4 heteroatoms. The summed E-state index contributed by atoms with van der Waals surface area (Å²) in [6, 6.07) is 7.62. The second kappa shape index (κ2) is 8.25. The average molecular weight is 286 g/mol. The first-order chi connectivity index (χ1) is 10.3. The second-order valence-electron chi connectivity index (χ2n) is 5.15. The Balaban J connectivity index is 2.00. The molecule has 0 unspecified atom stereocenters. The van der Waals surface area contributed by atoms with Crippen LogP contribution in [0.15, 0.2) is 47.3 Å². The molecule has 0 aromatic carbocycles. The molecule has 0 aliphatic heterocycles. The van der Waals surface area contributed by atoms with Crippen molar-refractivity contribution in [2.75, 3.05) is 0 Å². The molecule has 0 saturated carbocycles. The van der Waals surface area contributed by atoms with Gasteiger partial charge in [0.15, 0.2) is 0 Å². The summed E-state index contributed by atoms with van der Waals surface area (Å²) in [6.07, 6.45) is 8.92. The molecular formula is C17H22N2O2. The minimum Gasteiger partial charge on any atom is -0.467 e. The number of amides is 1. The maximum absolute atomic E-state index is 12.4. The van der Waals surface area contributed by atoms with Gasteiger partial charge in [0.1, 0.15) is 5.76 Å². The van der Waals surface area contributed by atoms with Crippen LogP contribution in [0.3, 0.4) is 0 Å². The molecule has 2 aromatic heterocycles. The largest absolute Gasteiger partial charge is 0.467 e. The van der Waals surface area contributed by atoms with E-state index in [0.29, 0.717) is 19.5 Å². The fourth-order valence-electron chi connectivity index (χ4n) is 2.22. The lowest BCUT2D eigenvalue weighted by atomic mass is 10.1. The van der Waals surface area contributed by atoms with Crippen LogP contribution >= 0.6 is 0 Å². The fraction of sp³-hybridized carbons (Fsp3) is 0.412. The lowest BCUT2D eigenvalue weighted by Crippen LogP contribution is -2.29. The standard InChI is InChI=1S/C17H22N2O2/c1-2-3-4-9-17(20)19(14-16-8-6-11-21-16)13-15-7-5-10-18-12-15/h5-8,10-12H,2-4,9,13-14H2,1H3. The lowest BCUT2D eigenvalue weighted by molar-refractivity contribution is -0.132. The minimum absolute atomic E-state index is 0.170. The number of aromatic nitrogens is 1. The second-order valence-corrected chi connectivity index (χ2v) is 5.15. The van der Waals surface area contributed by atoms with Crippen LogP contribution in [-0.4, -0.2) is 15.8 Å². The predicted molar refractivity (Wildman–Crippen MR) is 81.3 cm³/mol. The zero-order valence-electron chi connectivity index (χ0n) is 12.5. The lowest BCUT2D eigenvalue weighted by Gasteiger charge is -2.21. The van der Waals surface area contributed by atoms with Gasteiger partial charge in [-0.1, -0.05) is 25.8 Å². The summed E-state index contributed by atoms with van der Waals surface area (Å²) >= 11 is 0. The van der Waals surface area contributed by atoms with E-state index in [4.69, 9.17) is 4.42 Å². The SMILES string of the molecule is CCCCCC(=O)N(Cc1cccnc1)Cc1ccco1. The molecule has 0 fully saturated rings. The Morgan fingerprint density at radius 3 is 2.81 bits per heavy atom. The van der Waals surface area contributed by atoms with Gasteiger partial charge in [-0.2, -0.15) is 0 Å². The maximum Gasteiger partial charge on any atom is 0.223 e. The van der Waals surface area contributed by atoms with Gasteiger partial charge < -0.3 is 9.32 Å². The molecule has 0 N–H and O–H groups in total. The van der Waals surface area contributed by atoms with Gasteiger partial charge in [0, 0.05) is 25.4 Å². The first-order valence-corrected chi connectivity index (χ1v) is 7.48. The zero-order chi connectivity index (χ0) is 14.9. The topological polar surface area (TPSA) is 46.3 Å². The van der Waals surface area contributed by atoms with E-state index in [2.05, 4.69) is 11.9 Å². The molecule has 21 heavy (non-hydrogen) atoms. The highest BCUT2D eigenvalue weighted by Crippen LogP contribution is 2.13. The molecule has 0 radical (unpaired) electrons. The molecule has 4 nitrogen and oxygen atoms in total. The smallest absolute Gasteiger partial charge is 0.223 e. The third-order valence-electron chi connectivity index (χ3n) is 3.37. The number of nitrogens with zero attached hydrogens (tertiary/aromatic N) is 2. The number of rotatable bonds is 8. The van der Waals surface area contributed by atoms with Crippen LogP contribution in [0.5, 0.6) is 0 Å². The molecule has 0 atom stereocenters. The van der Waals surface area contributed by atoms with Crippen LogP contribution in [0.25, 0.3) is 0 Å². The summed E-state index contributed by atoms with van der Waals surface area (Å²) in [4.78, 5) is 18.4. The third kappa shape index (κ3) is 5.06. The fourth-order valence-corrected chi connectivity index (χ4v) is 2.22. The number of pyridine rings is 1. The number of carbonyl (C=O) groups is 1. The summed E-state index contributed by atoms with van der Waals surface area (Å²) in [5, 5.41) is 0. The van der Waals surface area contributed by atoms with Gasteiger partial charge in [0.05, 0.1) is 12.8 Å². The Morgan fingerprint density at radius 1 is 1.24 bits per heavy atom. The van der Waals surface area contributed by atoms with Crippen molar-refractivity contribution < 1.29 is 9.21 Å². The van der Waals surface area contributed by atoms with Crippen molar-refractivity contribution in [3.05, 3.63) is 54.2 Å². The van der Waals surface area contributed by atoms with Gasteiger partial charge in [-0.05, 0) is 30.2 Å². The van der Waals surface area contributed by atoms with E-state index in [1.54, 1.807) is 18.7 Å². The molecule has 2 aromatic rings. The predicted octanol–water partition coefficient (Wildman–Crippen LogP) is 3.78. The number of furan rings is 1. The van der Waals surface area contributed by atoms with Crippen molar-refractivity contribution >= 4 is 5.91 Å². The van der Waals surface area contributed by atoms with Gasteiger partial charge in [-0.15, -0.1) is 0 Å². The molecule has 2 rings (SSSR count). The molecule has 0 spiro atoms. The van der Waals surface area contributed by atoms with Crippen molar-refractivity contribution in [2.24, 2.45) is 0 Å². The van der Waals surface area contributed by atoms with E-state index < -0.39 is 0 Å². The Bertz CT molecular complexity index is 523. The van der Waals surface area contributed by atoms with Crippen molar-refractivity contribution in [3.8, 4) is 0 Å². The Kier molecular flexibility index (Phi) is 6.00. The highest BCUT2D eigenvalue weighted by atomic mass is 16.3. The molecule has 0 aliphatic rings. The van der Waals surface area contributed by atoms with E-state index in [9.17, 15) is 4.79 Å². The summed E-state index contributed by atoms with van der Waals surface area (Å²) in [6.45, 7) is 3.22. The Morgan fingerprint density at radius 2 is 2.14 bits per heavy atom. The quantitative estimate of drug-likeness (QED) is 0.694. The molecule has 1 amide bonds. The maximum atomic E-state index is 12.4. The van der Waals surface area contributed by atoms with Crippen LogP contribution in [0.2, 0.25) is 0 Å². The van der Waals surface area contributed by atoms with E-state index in [-0.39, 0.29) is 5.91 Å². The molecule has 112 valence electrons. The summed E-state index contributed by atoms with van der Waals surface area (Å²) in [5.74, 6) is 0.978. The molecule has 0 bridgehead atoms.